The van der Waals surface area contributed by atoms with Gasteiger partial charge in [-0.1, -0.05) is 69.3 Å². The highest BCUT2D eigenvalue weighted by molar-refractivity contribution is 5.33. The SMILES string of the molecule is CCCCCCC(C)CCOc1ccccc1CN=O. The molecule has 1 aromatic carbocycles. The molecule has 1 rings (SSSR count). The van der Waals surface area contributed by atoms with Gasteiger partial charge in [-0.3, -0.25) is 0 Å². The molecule has 0 aromatic heterocycles. The van der Waals surface area contributed by atoms with Gasteiger partial charge in [0.2, 0.25) is 0 Å². The third-order valence-electron chi connectivity index (χ3n) is 3.63. The van der Waals surface area contributed by atoms with E-state index in [9.17, 15) is 4.91 Å². The summed E-state index contributed by atoms with van der Waals surface area (Å²) in [5.41, 5.74) is 0.873. The first-order valence-corrected chi connectivity index (χ1v) is 7.77. The lowest BCUT2D eigenvalue weighted by Crippen LogP contribution is -2.05. The Morgan fingerprint density at radius 2 is 1.95 bits per heavy atom. The zero-order valence-electron chi connectivity index (χ0n) is 12.8. The fraction of sp³-hybridized carbons (Fsp3) is 0.647. The molecule has 0 fully saturated rings. The zero-order valence-corrected chi connectivity index (χ0v) is 12.8. The molecule has 20 heavy (non-hydrogen) atoms. The van der Waals surface area contributed by atoms with Gasteiger partial charge in [-0.2, -0.15) is 4.91 Å². The Hall–Kier alpha value is -1.38. The predicted octanol–water partition coefficient (Wildman–Crippen LogP) is 5.33. The van der Waals surface area contributed by atoms with Gasteiger partial charge in [-0.05, 0) is 18.4 Å². The van der Waals surface area contributed by atoms with Gasteiger partial charge in [-0.15, -0.1) is 0 Å². The monoisotopic (exact) mass is 277 g/mol. The summed E-state index contributed by atoms with van der Waals surface area (Å²) in [6, 6.07) is 7.64. The van der Waals surface area contributed by atoms with Crippen molar-refractivity contribution in [3.05, 3.63) is 34.7 Å². The minimum atomic E-state index is 0.183. The van der Waals surface area contributed by atoms with Gasteiger partial charge in [-0.25, -0.2) is 0 Å². The Morgan fingerprint density at radius 1 is 1.15 bits per heavy atom. The quantitative estimate of drug-likeness (QED) is 0.405. The molecular formula is C17H27NO2. The fourth-order valence-corrected chi connectivity index (χ4v) is 2.28. The molecular weight excluding hydrogens is 250 g/mol. The molecule has 0 N–H and O–H groups in total. The van der Waals surface area contributed by atoms with Crippen molar-refractivity contribution in [2.24, 2.45) is 11.1 Å². The van der Waals surface area contributed by atoms with E-state index in [4.69, 9.17) is 4.74 Å². The molecule has 3 nitrogen and oxygen atoms in total. The van der Waals surface area contributed by atoms with Gasteiger partial charge in [0.1, 0.15) is 12.3 Å². The second-order valence-electron chi connectivity index (χ2n) is 5.49. The Balaban J connectivity index is 2.24. The molecule has 0 spiro atoms. The Kier molecular flexibility index (Phi) is 8.68. The summed E-state index contributed by atoms with van der Waals surface area (Å²) >= 11 is 0. The number of benzene rings is 1. The molecule has 0 radical (unpaired) electrons. The van der Waals surface area contributed by atoms with Crippen molar-refractivity contribution in [1.82, 2.24) is 0 Å². The maximum absolute atomic E-state index is 10.4. The van der Waals surface area contributed by atoms with Crippen molar-refractivity contribution in [2.45, 2.75) is 58.9 Å². The molecule has 0 saturated heterocycles. The molecule has 1 aromatic rings. The van der Waals surface area contributed by atoms with Crippen LogP contribution in [0.15, 0.2) is 29.4 Å². The first-order chi connectivity index (χ1) is 9.77. The van der Waals surface area contributed by atoms with Crippen molar-refractivity contribution in [1.29, 1.82) is 0 Å². The predicted molar refractivity (Wildman–Crippen MR) is 84.0 cm³/mol. The first kappa shape index (κ1) is 16.7. The third kappa shape index (κ3) is 6.69. The summed E-state index contributed by atoms with van der Waals surface area (Å²) in [6.07, 6.45) is 7.64. The molecule has 1 unspecified atom stereocenters. The van der Waals surface area contributed by atoms with Crippen LogP contribution in [0.2, 0.25) is 0 Å². The molecule has 1 atom stereocenters. The van der Waals surface area contributed by atoms with E-state index >= 15 is 0 Å². The molecule has 0 aliphatic heterocycles. The van der Waals surface area contributed by atoms with Crippen LogP contribution in [0, 0.1) is 10.8 Å². The summed E-state index contributed by atoms with van der Waals surface area (Å²) in [7, 11) is 0. The van der Waals surface area contributed by atoms with Crippen molar-refractivity contribution < 1.29 is 4.74 Å². The zero-order chi connectivity index (χ0) is 14.6. The Morgan fingerprint density at radius 3 is 2.70 bits per heavy atom. The maximum Gasteiger partial charge on any atom is 0.124 e. The summed E-state index contributed by atoms with van der Waals surface area (Å²) in [5.74, 6) is 1.49. The molecule has 0 saturated carbocycles. The minimum Gasteiger partial charge on any atom is -0.493 e. The lowest BCUT2D eigenvalue weighted by Gasteiger charge is -2.13. The molecule has 3 heteroatoms. The van der Waals surface area contributed by atoms with Crippen molar-refractivity contribution in [2.75, 3.05) is 6.61 Å². The lowest BCUT2D eigenvalue weighted by atomic mass is 10.00. The van der Waals surface area contributed by atoms with Crippen LogP contribution in [0.4, 0.5) is 0 Å². The number of para-hydroxylation sites is 1. The summed E-state index contributed by atoms with van der Waals surface area (Å²) in [5, 5.41) is 2.94. The fourth-order valence-electron chi connectivity index (χ4n) is 2.28. The Labute approximate surface area is 122 Å². The van der Waals surface area contributed by atoms with Crippen LogP contribution >= 0.6 is 0 Å². The number of hydrogen-bond donors (Lipinski definition) is 0. The van der Waals surface area contributed by atoms with E-state index in [1.54, 1.807) is 0 Å². The van der Waals surface area contributed by atoms with E-state index in [-0.39, 0.29) is 6.54 Å². The average molecular weight is 277 g/mol. The number of unbranched alkanes of at least 4 members (excludes halogenated alkanes) is 3. The highest BCUT2D eigenvalue weighted by Gasteiger charge is 2.05. The average Bonchev–Trinajstić information content (AvgIpc) is 2.46. The van der Waals surface area contributed by atoms with Gasteiger partial charge in [0.05, 0.1) is 6.61 Å². The van der Waals surface area contributed by atoms with Crippen molar-refractivity contribution >= 4 is 0 Å². The largest absolute Gasteiger partial charge is 0.493 e. The minimum absolute atomic E-state index is 0.183. The molecule has 0 aliphatic rings. The number of ether oxygens (including phenoxy) is 1. The van der Waals surface area contributed by atoms with E-state index in [2.05, 4.69) is 19.0 Å². The number of nitrogens with zero attached hydrogens (tertiary/aromatic N) is 1. The second kappa shape index (κ2) is 10.4. The van der Waals surface area contributed by atoms with Gasteiger partial charge < -0.3 is 4.74 Å². The van der Waals surface area contributed by atoms with Gasteiger partial charge in [0.15, 0.2) is 0 Å². The summed E-state index contributed by atoms with van der Waals surface area (Å²) < 4.78 is 5.79. The highest BCUT2D eigenvalue weighted by Crippen LogP contribution is 2.20. The van der Waals surface area contributed by atoms with Crippen LogP contribution in [-0.4, -0.2) is 6.61 Å². The van der Waals surface area contributed by atoms with Crippen LogP contribution in [0.25, 0.3) is 0 Å². The van der Waals surface area contributed by atoms with E-state index in [0.717, 1.165) is 17.7 Å². The van der Waals surface area contributed by atoms with Crippen LogP contribution in [-0.2, 0) is 6.54 Å². The molecule has 0 aliphatic carbocycles. The number of rotatable bonds is 11. The third-order valence-corrected chi connectivity index (χ3v) is 3.63. The molecule has 112 valence electrons. The lowest BCUT2D eigenvalue weighted by molar-refractivity contribution is 0.274. The topological polar surface area (TPSA) is 38.7 Å². The van der Waals surface area contributed by atoms with E-state index in [1.807, 2.05) is 24.3 Å². The summed E-state index contributed by atoms with van der Waals surface area (Å²) in [4.78, 5) is 10.4. The van der Waals surface area contributed by atoms with E-state index in [0.29, 0.717) is 12.5 Å². The highest BCUT2D eigenvalue weighted by atomic mass is 16.5. The van der Waals surface area contributed by atoms with E-state index < -0.39 is 0 Å². The number of hydrogen-bond acceptors (Lipinski definition) is 3. The maximum atomic E-state index is 10.4. The van der Waals surface area contributed by atoms with Crippen LogP contribution in [0.1, 0.15) is 57.9 Å². The van der Waals surface area contributed by atoms with Crippen LogP contribution in [0.3, 0.4) is 0 Å². The van der Waals surface area contributed by atoms with Crippen molar-refractivity contribution in [3.63, 3.8) is 0 Å². The summed E-state index contributed by atoms with van der Waals surface area (Å²) in [6.45, 7) is 5.42. The standard InChI is InChI=1S/C17H27NO2/c1-3-4-5-6-9-15(2)12-13-20-17-11-8-7-10-16(17)14-18-19/h7-8,10-11,15H,3-6,9,12-14H2,1-2H3. The van der Waals surface area contributed by atoms with Gasteiger partial charge in [0.25, 0.3) is 0 Å². The smallest absolute Gasteiger partial charge is 0.124 e. The van der Waals surface area contributed by atoms with Gasteiger partial charge >= 0.3 is 0 Å². The molecule has 0 heterocycles. The number of nitroso groups, excluding NO2 is 1. The Bertz CT molecular complexity index is 379. The normalized spacial score (nSPS) is 12.1. The molecule has 0 bridgehead atoms. The van der Waals surface area contributed by atoms with Crippen LogP contribution < -0.4 is 4.74 Å². The van der Waals surface area contributed by atoms with E-state index in [1.165, 1.54) is 32.1 Å². The second-order valence-corrected chi connectivity index (χ2v) is 5.49. The van der Waals surface area contributed by atoms with Gasteiger partial charge in [0, 0.05) is 5.56 Å². The van der Waals surface area contributed by atoms with Crippen molar-refractivity contribution in [3.8, 4) is 5.75 Å². The first-order valence-electron chi connectivity index (χ1n) is 7.77. The van der Waals surface area contributed by atoms with Crippen LogP contribution in [0.5, 0.6) is 5.75 Å². The molecule has 0 amide bonds.